The van der Waals surface area contributed by atoms with Crippen molar-refractivity contribution in [2.45, 2.75) is 44.7 Å². The van der Waals surface area contributed by atoms with E-state index in [0.29, 0.717) is 26.2 Å². The van der Waals surface area contributed by atoms with Crippen molar-refractivity contribution in [2.24, 2.45) is 0 Å². The normalized spacial score (nSPS) is 17.4. The number of amides is 3. The van der Waals surface area contributed by atoms with Gasteiger partial charge in [-0.2, -0.15) is 0 Å². The third-order valence-electron chi connectivity index (χ3n) is 6.87. The van der Waals surface area contributed by atoms with E-state index < -0.39 is 0 Å². The number of nitrogens with one attached hydrogen (secondary N) is 1. The molecule has 0 bridgehead atoms. The fourth-order valence-electron chi connectivity index (χ4n) is 4.78. The van der Waals surface area contributed by atoms with Crippen molar-refractivity contribution in [3.05, 3.63) is 71.5 Å². The van der Waals surface area contributed by atoms with Gasteiger partial charge >= 0.3 is 6.03 Å². The molecule has 2 aromatic carbocycles. The summed E-state index contributed by atoms with van der Waals surface area (Å²) in [5.41, 5.74) is 1.64. The van der Waals surface area contributed by atoms with Crippen LogP contribution in [0.25, 0.3) is 0 Å². The van der Waals surface area contributed by atoms with Gasteiger partial charge in [-0.3, -0.25) is 9.69 Å². The molecule has 1 aliphatic carbocycles. The second-order valence-corrected chi connectivity index (χ2v) is 9.33. The van der Waals surface area contributed by atoms with Crippen molar-refractivity contribution in [1.29, 1.82) is 0 Å². The highest BCUT2D eigenvalue weighted by Gasteiger charge is 2.24. The van der Waals surface area contributed by atoms with E-state index in [1.54, 1.807) is 12.1 Å². The lowest BCUT2D eigenvalue weighted by atomic mass is 9.96. The maximum Gasteiger partial charge on any atom is 0.317 e. The maximum atomic E-state index is 13.4. The van der Waals surface area contributed by atoms with E-state index in [0.717, 1.165) is 56.4 Å². The molecule has 182 valence electrons. The zero-order valence-corrected chi connectivity index (χ0v) is 19.8. The Morgan fingerprint density at radius 2 is 1.59 bits per heavy atom. The predicted octanol–water partition coefficient (Wildman–Crippen LogP) is 4.13. The minimum atomic E-state index is -0.273. The summed E-state index contributed by atoms with van der Waals surface area (Å²) in [6, 6.07) is 15.9. The van der Waals surface area contributed by atoms with Crippen LogP contribution in [0, 0.1) is 5.82 Å². The third-order valence-corrected chi connectivity index (χ3v) is 6.87. The number of hydrogen-bond acceptors (Lipinski definition) is 3. The Hall–Kier alpha value is -2.93. The van der Waals surface area contributed by atoms with E-state index in [4.69, 9.17) is 0 Å². The molecule has 0 aromatic heterocycles. The summed E-state index contributed by atoms with van der Waals surface area (Å²) in [6.45, 7) is 4.71. The molecule has 3 amide bonds. The number of piperazine rings is 1. The lowest BCUT2D eigenvalue weighted by Gasteiger charge is -2.36. The van der Waals surface area contributed by atoms with Gasteiger partial charge in [0.1, 0.15) is 5.82 Å². The van der Waals surface area contributed by atoms with Crippen molar-refractivity contribution in [3.63, 3.8) is 0 Å². The summed E-state index contributed by atoms with van der Waals surface area (Å²) < 4.78 is 13.4. The van der Waals surface area contributed by atoms with Crippen LogP contribution < -0.4 is 5.32 Å². The molecular formula is C27H35FN4O2. The molecule has 2 aromatic rings. The molecule has 0 atom stereocenters. The van der Waals surface area contributed by atoms with Crippen molar-refractivity contribution in [1.82, 2.24) is 20.0 Å². The Morgan fingerprint density at radius 1 is 0.912 bits per heavy atom. The topological polar surface area (TPSA) is 55.9 Å². The standard InChI is InChI=1S/C27H35FN4O2/c28-24-13-11-22(12-14-24)21-32(27(34)29-25-9-5-2-6-10-25)20-17-30-15-18-31(19-16-30)26(33)23-7-3-1-4-8-23/h1,3-4,7-8,11-14,25H,2,5-6,9-10,15-21H2,(H,29,34). The van der Waals surface area contributed by atoms with Crippen LogP contribution in [0.1, 0.15) is 48.0 Å². The Morgan fingerprint density at radius 3 is 2.26 bits per heavy atom. The molecule has 1 heterocycles. The maximum absolute atomic E-state index is 13.4. The number of halogens is 1. The van der Waals surface area contributed by atoms with Crippen LogP contribution in [0.5, 0.6) is 0 Å². The zero-order valence-electron chi connectivity index (χ0n) is 19.8. The fraction of sp³-hybridized carbons (Fsp3) is 0.481. The molecule has 4 rings (SSSR count). The molecule has 6 nitrogen and oxygen atoms in total. The van der Waals surface area contributed by atoms with Crippen LogP contribution in [0.2, 0.25) is 0 Å². The summed E-state index contributed by atoms with van der Waals surface area (Å²) in [4.78, 5) is 31.9. The summed E-state index contributed by atoms with van der Waals surface area (Å²) in [7, 11) is 0. The SMILES string of the molecule is O=C(NC1CCCCC1)N(CCN1CCN(C(=O)c2ccccc2)CC1)Cc1ccc(F)cc1. The van der Waals surface area contributed by atoms with Crippen LogP contribution >= 0.6 is 0 Å². The number of carbonyl (C=O) groups excluding carboxylic acids is 2. The molecule has 1 saturated heterocycles. The minimum Gasteiger partial charge on any atom is -0.336 e. The third kappa shape index (κ3) is 6.79. The first-order chi connectivity index (χ1) is 16.6. The monoisotopic (exact) mass is 466 g/mol. The molecule has 0 radical (unpaired) electrons. The second-order valence-electron chi connectivity index (χ2n) is 9.33. The minimum absolute atomic E-state index is 0.0471. The molecule has 0 spiro atoms. The van der Waals surface area contributed by atoms with Gasteiger partial charge in [0.2, 0.25) is 0 Å². The smallest absolute Gasteiger partial charge is 0.317 e. The van der Waals surface area contributed by atoms with E-state index in [1.807, 2.05) is 40.1 Å². The Kier molecular flexibility index (Phi) is 8.52. The molecule has 2 fully saturated rings. The molecule has 1 saturated carbocycles. The average Bonchev–Trinajstić information content (AvgIpc) is 2.88. The van der Waals surface area contributed by atoms with Crippen LogP contribution in [0.15, 0.2) is 54.6 Å². The number of urea groups is 1. The van der Waals surface area contributed by atoms with Gasteiger partial charge in [-0.15, -0.1) is 0 Å². The van der Waals surface area contributed by atoms with Gasteiger partial charge in [0, 0.05) is 57.4 Å². The molecule has 2 aliphatic rings. The summed E-state index contributed by atoms with van der Waals surface area (Å²) in [5, 5.41) is 3.22. The molecule has 34 heavy (non-hydrogen) atoms. The number of hydrogen-bond donors (Lipinski definition) is 1. The molecule has 7 heteroatoms. The number of carbonyl (C=O) groups is 2. The first-order valence-electron chi connectivity index (χ1n) is 12.4. The van der Waals surface area contributed by atoms with Gasteiger partial charge < -0.3 is 15.1 Å². The Balaban J connectivity index is 1.31. The van der Waals surface area contributed by atoms with Gasteiger partial charge in [-0.05, 0) is 42.7 Å². The first kappa shape index (κ1) is 24.2. The van der Waals surface area contributed by atoms with E-state index in [9.17, 15) is 14.0 Å². The molecular weight excluding hydrogens is 431 g/mol. The van der Waals surface area contributed by atoms with E-state index in [-0.39, 0.29) is 23.8 Å². The number of benzene rings is 2. The van der Waals surface area contributed by atoms with E-state index in [1.165, 1.54) is 18.6 Å². The quantitative estimate of drug-likeness (QED) is 0.668. The Labute approximate surface area is 201 Å². The van der Waals surface area contributed by atoms with Gasteiger partial charge in [0.05, 0.1) is 0 Å². The zero-order chi connectivity index (χ0) is 23.8. The highest BCUT2D eigenvalue weighted by atomic mass is 19.1. The van der Waals surface area contributed by atoms with Crippen LogP contribution in [-0.2, 0) is 6.54 Å². The highest BCUT2D eigenvalue weighted by molar-refractivity contribution is 5.94. The van der Waals surface area contributed by atoms with Crippen LogP contribution in [0.4, 0.5) is 9.18 Å². The van der Waals surface area contributed by atoms with E-state index >= 15 is 0 Å². The first-order valence-corrected chi connectivity index (χ1v) is 12.4. The van der Waals surface area contributed by atoms with Crippen molar-refractivity contribution >= 4 is 11.9 Å². The second kappa shape index (κ2) is 12.0. The highest BCUT2D eigenvalue weighted by Crippen LogP contribution is 2.18. The largest absolute Gasteiger partial charge is 0.336 e. The summed E-state index contributed by atoms with van der Waals surface area (Å²) in [5.74, 6) is -0.199. The van der Waals surface area contributed by atoms with Crippen LogP contribution in [-0.4, -0.2) is 71.9 Å². The Bertz CT molecular complexity index is 923. The molecule has 1 N–H and O–H groups in total. The van der Waals surface area contributed by atoms with E-state index in [2.05, 4.69) is 10.2 Å². The van der Waals surface area contributed by atoms with Crippen molar-refractivity contribution in [2.75, 3.05) is 39.3 Å². The van der Waals surface area contributed by atoms with Gasteiger partial charge in [0.25, 0.3) is 5.91 Å². The average molecular weight is 467 g/mol. The number of nitrogens with zero attached hydrogens (tertiary/aromatic N) is 3. The predicted molar refractivity (Wildman–Crippen MR) is 131 cm³/mol. The number of rotatable bonds is 7. The van der Waals surface area contributed by atoms with Crippen LogP contribution in [0.3, 0.4) is 0 Å². The molecule has 1 aliphatic heterocycles. The lowest BCUT2D eigenvalue weighted by molar-refractivity contribution is 0.0627. The van der Waals surface area contributed by atoms with Crippen molar-refractivity contribution < 1.29 is 14.0 Å². The van der Waals surface area contributed by atoms with Gasteiger partial charge in [-0.1, -0.05) is 49.6 Å². The summed E-state index contributed by atoms with van der Waals surface area (Å²) in [6.07, 6.45) is 5.63. The molecule has 0 unspecified atom stereocenters. The van der Waals surface area contributed by atoms with Gasteiger partial charge in [0.15, 0.2) is 0 Å². The lowest BCUT2D eigenvalue weighted by Crippen LogP contribution is -2.52. The van der Waals surface area contributed by atoms with Gasteiger partial charge in [-0.25, -0.2) is 9.18 Å². The van der Waals surface area contributed by atoms with Crippen molar-refractivity contribution in [3.8, 4) is 0 Å². The summed E-state index contributed by atoms with van der Waals surface area (Å²) >= 11 is 0. The fourth-order valence-corrected chi connectivity index (χ4v) is 4.78.